The molecule has 1 aliphatic rings. The lowest BCUT2D eigenvalue weighted by Crippen LogP contribution is -2.44. The van der Waals surface area contributed by atoms with Gasteiger partial charge in [-0.15, -0.1) is 0 Å². The number of ether oxygens (including phenoxy) is 1. The summed E-state index contributed by atoms with van der Waals surface area (Å²) in [4.78, 5) is 10.7. The van der Waals surface area contributed by atoms with Gasteiger partial charge in [-0.1, -0.05) is 11.8 Å². The van der Waals surface area contributed by atoms with E-state index >= 15 is 0 Å². The average molecular weight is 250 g/mol. The van der Waals surface area contributed by atoms with E-state index in [0.29, 0.717) is 11.8 Å². The molecule has 1 heterocycles. The minimum Gasteiger partial charge on any atom is -0.392 e. The van der Waals surface area contributed by atoms with E-state index in [1.54, 1.807) is 0 Å². The molecule has 1 aliphatic heterocycles. The molecule has 0 aliphatic carbocycles. The number of nitrogens with zero attached hydrogens (tertiary/aromatic N) is 1. The van der Waals surface area contributed by atoms with E-state index in [2.05, 4.69) is 9.84 Å². The average Bonchev–Trinajstić information content (AvgIpc) is 2.51. The van der Waals surface area contributed by atoms with Crippen LogP contribution in [0.4, 0.5) is 22.0 Å². The summed E-state index contributed by atoms with van der Waals surface area (Å²) >= 11 is 0.624. The van der Waals surface area contributed by atoms with Gasteiger partial charge in [-0.25, -0.2) is 4.79 Å². The molecule has 1 N–H and O–H groups in total. The van der Waals surface area contributed by atoms with Crippen LogP contribution in [0.15, 0.2) is 5.10 Å². The van der Waals surface area contributed by atoms with Gasteiger partial charge in [-0.3, -0.25) is 5.43 Å². The fraction of sp³-hybridized carbons (Fsp3) is 0.600. The molecule has 0 aromatic heterocycles. The Bertz CT molecular complexity index is 284. The lowest BCUT2D eigenvalue weighted by Gasteiger charge is -2.20. The Morgan fingerprint density at radius 2 is 2.00 bits per heavy atom. The number of thioether (sulfide) groups is 1. The molecule has 0 bridgehead atoms. The molecule has 0 fully saturated rings. The van der Waals surface area contributed by atoms with Gasteiger partial charge in [0.2, 0.25) is 0 Å². The van der Waals surface area contributed by atoms with Crippen LogP contribution in [0.3, 0.4) is 0 Å². The predicted octanol–water partition coefficient (Wildman–Crippen LogP) is 1.29. The van der Waals surface area contributed by atoms with E-state index in [-0.39, 0.29) is 0 Å². The first-order valence-electron chi connectivity index (χ1n) is 3.34. The van der Waals surface area contributed by atoms with Gasteiger partial charge in [-0.05, 0) is 0 Å². The van der Waals surface area contributed by atoms with Gasteiger partial charge in [-0.2, -0.15) is 27.1 Å². The van der Waals surface area contributed by atoms with Gasteiger partial charge in [0.05, 0.1) is 5.55 Å². The first-order chi connectivity index (χ1) is 6.74. The monoisotopic (exact) mass is 250 g/mol. The number of carbonyl (C=O) groups excluding carboxylic acids is 1. The summed E-state index contributed by atoms with van der Waals surface area (Å²) in [5.41, 5.74) is 3.07. The maximum atomic E-state index is 12.2. The molecule has 0 saturated heterocycles. The largest absolute Gasteiger partial charge is 0.501 e. The number of hydrazone groups is 1. The molecule has 15 heavy (non-hydrogen) atoms. The van der Waals surface area contributed by atoms with Crippen molar-refractivity contribution in [2.45, 2.75) is 17.7 Å². The van der Waals surface area contributed by atoms with Gasteiger partial charge < -0.3 is 4.74 Å². The van der Waals surface area contributed by atoms with E-state index in [1.165, 1.54) is 0 Å². The molecule has 10 heteroatoms. The second kappa shape index (κ2) is 3.83. The molecular weight excluding hydrogens is 247 g/mol. The second-order valence-corrected chi connectivity index (χ2v) is 3.27. The van der Waals surface area contributed by atoms with Gasteiger partial charge in [0.15, 0.2) is 5.37 Å². The third-order valence-electron chi connectivity index (χ3n) is 1.21. The number of hydrogen-bond acceptors (Lipinski definition) is 5. The Labute approximate surface area is 83.8 Å². The summed E-state index contributed by atoms with van der Waals surface area (Å²) < 4.78 is 62.2. The predicted molar refractivity (Wildman–Crippen MR) is 40.1 cm³/mol. The fourth-order valence-corrected chi connectivity index (χ4v) is 1.09. The van der Waals surface area contributed by atoms with Crippen LogP contribution in [0.25, 0.3) is 0 Å². The van der Waals surface area contributed by atoms with Crippen molar-refractivity contribution in [1.82, 2.24) is 5.43 Å². The van der Waals surface area contributed by atoms with Gasteiger partial charge >= 0.3 is 18.3 Å². The number of carbonyl (C=O) groups is 1. The first-order valence-corrected chi connectivity index (χ1v) is 4.28. The highest BCUT2D eigenvalue weighted by Gasteiger charge is 2.62. The highest BCUT2D eigenvalue weighted by atomic mass is 32.2. The SMILES string of the molecule is O=C(OC(F)(F)C(F)(F)F)C1NN=CS1. The molecule has 0 radical (unpaired) electrons. The van der Waals surface area contributed by atoms with Crippen molar-refractivity contribution < 1.29 is 31.5 Å². The van der Waals surface area contributed by atoms with Crippen molar-refractivity contribution in [3.63, 3.8) is 0 Å². The Kier molecular flexibility index (Phi) is 3.07. The normalized spacial score (nSPS) is 21.3. The van der Waals surface area contributed by atoms with Gasteiger partial charge in [0.25, 0.3) is 0 Å². The van der Waals surface area contributed by atoms with E-state index < -0.39 is 23.6 Å². The zero-order valence-corrected chi connectivity index (χ0v) is 7.53. The Morgan fingerprint density at radius 1 is 1.40 bits per heavy atom. The summed E-state index contributed by atoms with van der Waals surface area (Å²) in [6.07, 6.45) is -11.4. The van der Waals surface area contributed by atoms with E-state index in [0.717, 1.165) is 5.55 Å². The van der Waals surface area contributed by atoms with Crippen LogP contribution in [0.5, 0.6) is 0 Å². The number of alkyl halides is 5. The van der Waals surface area contributed by atoms with Crippen LogP contribution in [-0.2, 0) is 9.53 Å². The topological polar surface area (TPSA) is 50.7 Å². The lowest BCUT2D eigenvalue weighted by molar-refractivity contribution is -0.376. The Hall–Kier alpha value is -1.06. The van der Waals surface area contributed by atoms with Crippen LogP contribution in [-0.4, -0.2) is 29.2 Å². The molecule has 4 nitrogen and oxygen atoms in total. The molecule has 1 unspecified atom stereocenters. The summed E-state index contributed by atoms with van der Waals surface area (Å²) in [6.45, 7) is 0. The van der Waals surface area contributed by atoms with Crippen molar-refractivity contribution in [2.75, 3.05) is 0 Å². The Morgan fingerprint density at radius 3 is 2.40 bits per heavy atom. The minimum absolute atomic E-state index is 0.624. The maximum Gasteiger partial charge on any atom is 0.501 e. The van der Waals surface area contributed by atoms with Crippen LogP contribution in [0.2, 0.25) is 0 Å². The van der Waals surface area contributed by atoms with Crippen molar-refractivity contribution in [3.05, 3.63) is 0 Å². The third kappa shape index (κ3) is 2.70. The molecule has 1 atom stereocenters. The molecule has 1 rings (SSSR count). The highest BCUT2D eigenvalue weighted by Crippen LogP contribution is 2.37. The van der Waals surface area contributed by atoms with Crippen LogP contribution >= 0.6 is 11.8 Å². The summed E-state index contributed by atoms with van der Waals surface area (Å²) in [6, 6.07) is 0. The Balaban J connectivity index is 2.57. The second-order valence-electron chi connectivity index (χ2n) is 2.32. The first kappa shape index (κ1) is 12.0. The van der Waals surface area contributed by atoms with Crippen molar-refractivity contribution in [2.24, 2.45) is 5.10 Å². The zero-order chi connectivity index (χ0) is 11.7. The maximum absolute atomic E-state index is 12.2. The van der Waals surface area contributed by atoms with E-state index in [4.69, 9.17) is 0 Å². The molecule has 0 saturated carbocycles. The standard InChI is InChI=1S/C5H3F5N2O2S/c6-4(7,8)5(9,10)14-3(13)2-12-11-1-15-2/h1-2,12H. The molecular formula is C5H3F5N2O2S. The molecule has 0 amide bonds. The number of esters is 1. The van der Waals surface area contributed by atoms with Crippen LogP contribution < -0.4 is 5.43 Å². The smallest absolute Gasteiger partial charge is 0.392 e. The minimum atomic E-state index is -5.92. The van der Waals surface area contributed by atoms with E-state index in [9.17, 15) is 26.7 Å². The summed E-state index contributed by atoms with van der Waals surface area (Å²) in [5, 5.41) is 1.86. The zero-order valence-electron chi connectivity index (χ0n) is 6.72. The van der Waals surface area contributed by atoms with Crippen LogP contribution in [0.1, 0.15) is 0 Å². The number of halogens is 5. The quantitative estimate of drug-likeness (QED) is 0.592. The van der Waals surface area contributed by atoms with Crippen LogP contribution in [0, 0.1) is 0 Å². The van der Waals surface area contributed by atoms with Gasteiger partial charge in [0.1, 0.15) is 0 Å². The number of nitrogens with one attached hydrogen (secondary N) is 1. The van der Waals surface area contributed by atoms with Crippen molar-refractivity contribution in [3.8, 4) is 0 Å². The summed E-state index contributed by atoms with van der Waals surface area (Å²) in [5.74, 6) is -1.74. The fourth-order valence-electron chi connectivity index (χ4n) is 0.566. The molecule has 0 aromatic carbocycles. The highest BCUT2D eigenvalue weighted by molar-refractivity contribution is 8.13. The van der Waals surface area contributed by atoms with Crippen molar-refractivity contribution in [1.29, 1.82) is 0 Å². The molecule has 0 aromatic rings. The lowest BCUT2D eigenvalue weighted by atomic mass is 10.6. The summed E-state index contributed by atoms with van der Waals surface area (Å²) in [7, 11) is 0. The molecule has 0 spiro atoms. The van der Waals surface area contributed by atoms with E-state index in [1.807, 2.05) is 5.43 Å². The van der Waals surface area contributed by atoms with Crippen molar-refractivity contribution >= 4 is 23.3 Å². The third-order valence-corrected chi connectivity index (χ3v) is 2.01. The number of rotatable bonds is 2. The molecule has 86 valence electrons. The number of hydrogen-bond donors (Lipinski definition) is 1. The van der Waals surface area contributed by atoms with Gasteiger partial charge in [0, 0.05) is 0 Å².